The molecule has 1 unspecified atom stereocenters. The van der Waals surface area contributed by atoms with Crippen LogP contribution in [0.5, 0.6) is 11.5 Å². The highest BCUT2D eigenvalue weighted by Gasteiger charge is 2.48. The van der Waals surface area contributed by atoms with Gasteiger partial charge in [0.15, 0.2) is 16.6 Å². The number of phenols is 1. The number of aliphatic hydroxyl groups is 1. The van der Waals surface area contributed by atoms with Crippen molar-refractivity contribution >= 4 is 60.1 Å². The Hall–Kier alpha value is -3.76. The fraction of sp³-hybridized carbons (Fsp3) is 0.115. The quantitative estimate of drug-likeness (QED) is 0.182. The number of aryl methyl sites for hydroxylation is 1. The number of rotatable bonds is 4. The molecule has 1 aromatic heterocycles. The van der Waals surface area contributed by atoms with Crippen LogP contribution in [0.15, 0.2) is 64.6 Å². The highest BCUT2D eigenvalue weighted by molar-refractivity contribution is 9.10. The Labute approximate surface area is 217 Å². The number of thiazole rings is 1. The van der Waals surface area contributed by atoms with Crippen molar-refractivity contribution in [3.05, 3.63) is 87.2 Å². The van der Waals surface area contributed by atoms with E-state index in [9.17, 15) is 24.2 Å². The van der Waals surface area contributed by atoms with Gasteiger partial charge in [-0.15, -0.1) is 0 Å². The molecule has 4 aromatic rings. The number of aromatic nitrogens is 1. The van der Waals surface area contributed by atoms with Gasteiger partial charge in [-0.1, -0.05) is 41.2 Å². The van der Waals surface area contributed by atoms with Crippen molar-refractivity contribution in [2.45, 2.75) is 13.0 Å². The maximum absolute atomic E-state index is 13.8. The highest BCUT2D eigenvalue weighted by Crippen LogP contribution is 2.47. The lowest BCUT2D eigenvalue weighted by Crippen LogP contribution is -2.29. The molecule has 2 heterocycles. The number of phenolic OH excluding ortho intramolecular Hbond substituents is 1. The number of ether oxygens (including phenoxy) is 1. The van der Waals surface area contributed by atoms with E-state index in [-0.39, 0.29) is 32.4 Å². The molecule has 0 spiro atoms. The number of hydrogen-bond acceptors (Lipinski definition) is 7. The topological polar surface area (TPSA) is 100.0 Å². The first kappa shape index (κ1) is 24.0. The molecule has 0 radical (unpaired) electrons. The van der Waals surface area contributed by atoms with Crippen LogP contribution >= 0.6 is 27.3 Å². The van der Waals surface area contributed by atoms with Crippen LogP contribution in [-0.2, 0) is 9.59 Å². The predicted octanol–water partition coefficient (Wildman–Crippen LogP) is 5.85. The summed E-state index contributed by atoms with van der Waals surface area (Å²) in [5.74, 6) is -2.65. The van der Waals surface area contributed by atoms with Crippen molar-refractivity contribution < 1.29 is 28.9 Å². The third-order valence-corrected chi connectivity index (χ3v) is 7.52. The minimum absolute atomic E-state index is 0.103. The number of halogens is 2. The molecule has 1 atom stereocenters. The molecule has 0 bridgehead atoms. The molecule has 5 rings (SSSR count). The van der Waals surface area contributed by atoms with Crippen LogP contribution in [0.3, 0.4) is 0 Å². The molecule has 0 aliphatic carbocycles. The molecule has 3 aromatic carbocycles. The number of anilines is 1. The summed E-state index contributed by atoms with van der Waals surface area (Å²) in [6.45, 7) is 1.89. The average molecular weight is 569 g/mol. The summed E-state index contributed by atoms with van der Waals surface area (Å²) in [4.78, 5) is 32.4. The molecule has 2 N–H and O–H groups in total. The minimum Gasteiger partial charge on any atom is -0.507 e. The first-order chi connectivity index (χ1) is 17.2. The van der Waals surface area contributed by atoms with Crippen LogP contribution in [0.2, 0.25) is 0 Å². The van der Waals surface area contributed by atoms with Gasteiger partial charge in [-0.05, 0) is 58.7 Å². The highest BCUT2D eigenvalue weighted by atomic mass is 79.9. The van der Waals surface area contributed by atoms with Crippen molar-refractivity contribution in [3.8, 4) is 11.5 Å². The van der Waals surface area contributed by atoms with E-state index in [0.717, 1.165) is 16.9 Å². The van der Waals surface area contributed by atoms with Gasteiger partial charge in [0.25, 0.3) is 5.78 Å². The molecule has 1 aliphatic heterocycles. The monoisotopic (exact) mass is 568 g/mol. The summed E-state index contributed by atoms with van der Waals surface area (Å²) >= 11 is 4.33. The number of carbonyl (C=O) groups excluding carboxylic acids is 2. The first-order valence-electron chi connectivity index (χ1n) is 10.7. The van der Waals surface area contributed by atoms with Gasteiger partial charge in [-0.2, -0.15) is 0 Å². The number of fused-ring (bicyclic) bond motifs is 1. The number of carbonyl (C=O) groups is 2. The SMILES string of the molecule is COc1cc(C2/C(=C(\O)c3ccc(C)cc3)C(=O)C(=O)N2c2nc3ccc(F)cc3s2)cc(Br)c1O. The number of nitrogens with zero attached hydrogens (tertiary/aromatic N) is 2. The summed E-state index contributed by atoms with van der Waals surface area (Å²) in [6, 6.07) is 12.9. The average Bonchev–Trinajstić information content (AvgIpc) is 3.38. The third kappa shape index (κ3) is 3.92. The number of aliphatic hydroxyl groups excluding tert-OH is 1. The normalized spacial score (nSPS) is 17.2. The zero-order chi connectivity index (χ0) is 25.7. The van der Waals surface area contributed by atoms with Gasteiger partial charge in [-0.3, -0.25) is 14.5 Å². The Kier molecular flexibility index (Phi) is 6.01. The summed E-state index contributed by atoms with van der Waals surface area (Å²) in [5, 5.41) is 21.7. The maximum Gasteiger partial charge on any atom is 0.301 e. The number of aromatic hydroxyl groups is 1. The van der Waals surface area contributed by atoms with E-state index in [0.29, 0.717) is 21.3 Å². The molecular formula is C26H18BrFN2O5S. The smallest absolute Gasteiger partial charge is 0.301 e. The van der Waals surface area contributed by atoms with Crippen LogP contribution in [0.1, 0.15) is 22.7 Å². The Bertz CT molecular complexity index is 1580. The van der Waals surface area contributed by atoms with E-state index in [4.69, 9.17) is 4.74 Å². The van der Waals surface area contributed by atoms with E-state index >= 15 is 0 Å². The van der Waals surface area contributed by atoms with Gasteiger partial charge in [-0.25, -0.2) is 9.37 Å². The predicted molar refractivity (Wildman–Crippen MR) is 138 cm³/mol. The van der Waals surface area contributed by atoms with E-state index < -0.39 is 23.5 Å². The van der Waals surface area contributed by atoms with Crippen LogP contribution in [0.25, 0.3) is 16.0 Å². The maximum atomic E-state index is 13.8. The molecule has 1 saturated heterocycles. The molecule has 1 fully saturated rings. The van der Waals surface area contributed by atoms with Crippen LogP contribution in [0.4, 0.5) is 9.52 Å². The van der Waals surface area contributed by atoms with Crippen molar-refractivity contribution in [1.29, 1.82) is 0 Å². The molecule has 1 amide bonds. The van der Waals surface area contributed by atoms with Crippen LogP contribution < -0.4 is 9.64 Å². The standard InChI is InChI=1S/C26H18BrFN2O5S/c1-12-3-5-13(6-4-12)22(31)20-21(14-9-16(27)23(32)18(10-14)35-2)30(25(34)24(20)33)26-29-17-8-7-15(28)11-19(17)36-26/h3-11,21,31-32H,1-2H3/b22-20+. The van der Waals surface area contributed by atoms with Crippen molar-refractivity contribution in [2.75, 3.05) is 12.0 Å². The zero-order valence-corrected chi connectivity index (χ0v) is 21.4. The summed E-state index contributed by atoms with van der Waals surface area (Å²) in [7, 11) is 1.37. The number of amides is 1. The number of ketones is 1. The van der Waals surface area contributed by atoms with E-state index in [1.807, 2.05) is 6.92 Å². The van der Waals surface area contributed by atoms with Gasteiger partial charge in [0.1, 0.15) is 11.6 Å². The Morgan fingerprint density at radius 3 is 2.56 bits per heavy atom. The van der Waals surface area contributed by atoms with Crippen LogP contribution in [0, 0.1) is 12.7 Å². The van der Waals surface area contributed by atoms with Gasteiger partial charge in [0.2, 0.25) is 0 Å². The second-order valence-corrected chi connectivity index (χ2v) is 10.1. The molecule has 7 nitrogen and oxygen atoms in total. The lowest BCUT2D eigenvalue weighted by atomic mass is 9.95. The number of benzene rings is 3. The lowest BCUT2D eigenvalue weighted by Gasteiger charge is -2.24. The summed E-state index contributed by atoms with van der Waals surface area (Å²) < 4.78 is 19.8. The number of hydrogen-bond donors (Lipinski definition) is 2. The number of Topliss-reactive ketones (excluding diaryl/α,β-unsaturated/α-hetero) is 1. The van der Waals surface area contributed by atoms with Crippen molar-refractivity contribution in [1.82, 2.24) is 4.98 Å². The Morgan fingerprint density at radius 1 is 1.14 bits per heavy atom. The van der Waals surface area contributed by atoms with E-state index in [2.05, 4.69) is 20.9 Å². The van der Waals surface area contributed by atoms with Crippen molar-refractivity contribution in [2.24, 2.45) is 0 Å². The third-order valence-electron chi connectivity index (χ3n) is 5.90. The fourth-order valence-electron chi connectivity index (χ4n) is 4.11. The first-order valence-corrected chi connectivity index (χ1v) is 12.3. The second kappa shape index (κ2) is 9.03. The van der Waals surface area contributed by atoms with Gasteiger partial charge < -0.3 is 14.9 Å². The molecular weight excluding hydrogens is 551 g/mol. The largest absolute Gasteiger partial charge is 0.507 e. The lowest BCUT2D eigenvalue weighted by molar-refractivity contribution is -0.132. The molecule has 182 valence electrons. The van der Waals surface area contributed by atoms with Gasteiger partial charge in [0, 0.05) is 5.56 Å². The fourth-order valence-corrected chi connectivity index (χ4v) is 5.59. The Balaban J connectivity index is 1.77. The molecule has 0 saturated carbocycles. The van der Waals surface area contributed by atoms with Crippen LogP contribution in [-0.4, -0.2) is 34.0 Å². The second-order valence-electron chi connectivity index (χ2n) is 8.20. The van der Waals surface area contributed by atoms with Gasteiger partial charge >= 0.3 is 5.91 Å². The molecule has 1 aliphatic rings. The Morgan fingerprint density at radius 2 is 1.86 bits per heavy atom. The summed E-state index contributed by atoms with van der Waals surface area (Å²) in [6.07, 6.45) is 0. The van der Waals surface area contributed by atoms with Gasteiger partial charge in [0.05, 0.1) is 33.4 Å². The zero-order valence-electron chi connectivity index (χ0n) is 19.0. The minimum atomic E-state index is -1.09. The van der Waals surface area contributed by atoms with E-state index in [1.165, 1.54) is 42.3 Å². The summed E-state index contributed by atoms with van der Waals surface area (Å²) in [5.41, 5.74) is 2.01. The van der Waals surface area contributed by atoms with Crippen molar-refractivity contribution in [3.63, 3.8) is 0 Å². The number of methoxy groups -OCH3 is 1. The molecule has 36 heavy (non-hydrogen) atoms. The molecule has 10 heteroatoms. The van der Waals surface area contributed by atoms with E-state index in [1.54, 1.807) is 24.3 Å².